The van der Waals surface area contributed by atoms with Gasteiger partial charge in [-0.15, -0.1) is 0 Å². The van der Waals surface area contributed by atoms with Crippen LogP contribution in [0, 0.1) is 6.92 Å². The summed E-state index contributed by atoms with van der Waals surface area (Å²) in [4.78, 5) is 16.7. The van der Waals surface area contributed by atoms with Gasteiger partial charge in [0.15, 0.2) is 0 Å². The smallest absolute Gasteiger partial charge is 0.317 e. The summed E-state index contributed by atoms with van der Waals surface area (Å²) in [5, 5.41) is 5.80. The lowest BCUT2D eigenvalue weighted by Crippen LogP contribution is -2.47. The Morgan fingerprint density at radius 2 is 1.86 bits per heavy atom. The normalized spacial score (nSPS) is 20.9. The van der Waals surface area contributed by atoms with Crippen molar-refractivity contribution in [2.45, 2.75) is 31.5 Å². The minimum atomic E-state index is -4.42. The van der Waals surface area contributed by atoms with Crippen LogP contribution in [0.15, 0.2) is 23.2 Å². The van der Waals surface area contributed by atoms with Gasteiger partial charge < -0.3 is 10.6 Å². The predicted molar refractivity (Wildman–Crippen MR) is 75.7 cm³/mol. The van der Waals surface area contributed by atoms with Gasteiger partial charge in [-0.05, 0) is 56.6 Å². The van der Waals surface area contributed by atoms with Gasteiger partial charge in [0.05, 0.1) is 5.56 Å². The molecule has 3 rings (SSSR count). The van der Waals surface area contributed by atoms with Crippen molar-refractivity contribution in [2.75, 3.05) is 13.1 Å². The number of piperidine rings is 1. The minimum absolute atomic E-state index is 0.223. The monoisotopic (exact) mass is 311 g/mol. The van der Waals surface area contributed by atoms with Gasteiger partial charge in [-0.3, -0.25) is 9.79 Å². The van der Waals surface area contributed by atoms with Crippen molar-refractivity contribution < 1.29 is 18.0 Å². The third-order valence-corrected chi connectivity index (χ3v) is 4.09. The van der Waals surface area contributed by atoms with Gasteiger partial charge in [-0.2, -0.15) is 13.2 Å². The lowest BCUT2D eigenvalue weighted by molar-refractivity contribution is -0.137. The highest BCUT2D eigenvalue weighted by molar-refractivity contribution is 6.15. The van der Waals surface area contributed by atoms with Crippen molar-refractivity contribution in [3.63, 3.8) is 0 Å². The van der Waals surface area contributed by atoms with E-state index in [0.717, 1.165) is 12.1 Å². The highest BCUT2D eigenvalue weighted by Crippen LogP contribution is 2.32. The summed E-state index contributed by atoms with van der Waals surface area (Å²) in [5.74, 6) is 0.0140. The summed E-state index contributed by atoms with van der Waals surface area (Å²) in [6, 6.07) is 3.72. The van der Waals surface area contributed by atoms with Gasteiger partial charge in [-0.25, -0.2) is 0 Å². The number of halogens is 3. The first kappa shape index (κ1) is 15.0. The Morgan fingerprint density at radius 3 is 2.50 bits per heavy atom. The standard InChI is InChI=1S/C15H16F3N3O/c1-9-6-10(8-11(7-9)15(16,17)18)12-20-13(22)14(21-12)2-4-19-5-3-14/h6-8,19H,2-5H2,1H3,(H,20,21,22). The van der Waals surface area contributed by atoms with Gasteiger partial charge in [0, 0.05) is 5.56 Å². The largest absolute Gasteiger partial charge is 0.416 e. The highest BCUT2D eigenvalue weighted by atomic mass is 19.4. The van der Waals surface area contributed by atoms with Crippen LogP contribution in [-0.4, -0.2) is 30.4 Å². The van der Waals surface area contributed by atoms with Crippen LogP contribution in [0.2, 0.25) is 0 Å². The molecule has 1 aromatic carbocycles. The molecule has 0 atom stereocenters. The Hall–Kier alpha value is -1.89. The van der Waals surface area contributed by atoms with E-state index in [9.17, 15) is 18.0 Å². The zero-order chi connectivity index (χ0) is 16.0. The molecule has 2 aliphatic heterocycles. The molecule has 2 heterocycles. The van der Waals surface area contributed by atoms with E-state index in [4.69, 9.17) is 0 Å². The summed E-state index contributed by atoms with van der Waals surface area (Å²) in [6.07, 6.45) is -3.31. The van der Waals surface area contributed by atoms with E-state index in [1.165, 1.54) is 0 Å². The first-order valence-corrected chi connectivity index (χ1v) is 7.11. The van der Waals surface area contributed by atoms with Gasteiger partial charge >= 0.3 is 6.18 Å². The van der Waals surface area contributed by atoms with Crippen LogP contribution in [0.5, 0.6) is 0 Å². The molecule has 0 saturated carbocycles. The molecule has 7 heteroatoms. The fourth-order valence-electron chi connectivity index (χ4n) is 2.92. The van der Waals surface area contributed by atoms with Crippen LogP contribution in [0.25, 0.3) is 0 Å². The number of benzene rings is 1. The number of carbonyl (C=O) groups is 1. The Labute approximate surface area is 125 Å². The van der Waals surface area contributed by atoms with Crippen LogP contribution in [0.3, 0.4) is 0 Å². The number of nitrogens with one attached hydrogen (secondary N) is 2. The number of amidine groups is 1. The van der Waals surface area contributed by atoms with Crippen molar-refractivity contribution in [3.05, 3.63) is 34.9 Å². The van der Waals surface area contributed by atoms with E-state index >= 15 is 0 Å². The number of hydrogen-bond acceptors (Lipinski definition) is 3. The van der Waals surface area contributed by atoms with Crippen molar-refractivity contribution in [3.8, 4) is 0 Å². The molecule has 1 spiro atoms. The lowest BCUT2D eigenvalue weighted by atomic mass is 9.89. The SMILES string of the molecule is Cc1cc(C2=NC3(CCNCC3)C(=O)N2)cc(C(F)(F)F)c1. The zero-order valence-electron chi connectivity index (χ0n) is 12.0. The Balaban J connectivity index is 2.00. The topological polar surface area (TPSA) is 53.5 Å². The van der Waals surface area contributed by atoms with Crippen LogP contribution in [0.1, 0.15) is 29.5 Å². The molecule has 118 valence electrons. The number of aliphatic imine (C=N–C) groups is 1. The van der Waals surface area contributed by atoms with E-state index in [-0.39, 0.29) is 11.7 Å². The van der Waals surface area contributed by atoms with E-state index < -0.39 is 17.3 Å². The summed E-state index contributed by atoms with van der Waals surface area (Å²) in [7, 11) is 0. The average molecular weight is 311 g/mol. The van der Waals surface area contributed by atoms with Crippen LogP contribution in [-0.2, 0) is 11.0 Å². The molecule has 1 fully saturated rings. The number of rotatable bonds is 1. The van der Waals surface area contributed by atoms with Gasteiger partial charge in [-0.1, -0.05) is 0 Å². The Bertz CT molecular complexity index is 646. The molecule has 0 radical (unpaired) electrons. The van der Waals surface area contributed by atoms with Crippen molar-refractivity contribution in [2.24, 2.45) is 4.99 Å². The molecule has 0 aliphatic carbocycles. The van der Waals surface area contributed by atoms with Crippen LogP contribution >= 0.6 is 0 Å². The number of carbonyl (C=O) groups excluding carboxylic acids is 1. The first-order valence-electron chi connectivity index (χ1n) is 7.11. The van der Waals surface area contributed by atoms with Gasteiger partial charge in [0.2, 0.25) is 0 Å². The first-order chi connectivity index (χ1) is 10.3. The maximum absolute atomic E-state index is 12.9. The second kappa shape index (κ2) is 5.08. The van der Waals surface area contributed by atoms with Gasteiger partial charge in [0.1, 0.15) is 11.4 Å². The lowest BCUT2D eigenvalue weighted by Gasteiger charge is -2.28. The number of hydrogen-bond donors (Lipinski definition) is 2. The molecule has 1 saturated heterocycles. The van der Waals surface area contributed by atoms with Crippen molar-refractivity contribution >= 4 is 11.7 Å². The maximum atomic E-state index is 12.9. The quantitative estimate of drug-likeness (QED) is 0.833. The molecule has 2 aliphatic rings. The molecule has 0 aromatic heterocycles. The fraction of sp³-hybridized carbons (Fsp3) is 0.467. The summed E-state index contributed by atoms with van der Waals surface area (Å²) < 4.78 is 38.8. The fourth-order valence-corrected chi connectivity index (χ4v) is 2.92. The average Bonchev–Trinajstić information content (AvgIpc) is 2.75. The third-order valence-electron chi connectivity index (χ3n) is 4.09. The molecular weight excluding hydrogens is 295 g/mol. The number of alkyl halides is 3. The predicted octanol–water partition coefficient (Wildman–Crippen LogP) is 2.01. The zero-order valence-corrected chi connectivity index (χ0v) is 12.0. The second-order valence-corrected chi connectivity index (χ2v) is 5.78. The molecular formula is C15H16F3N3O. The molecule has 0 bridgehead atoms. The maximum Gasteiger partial charge on any atom is 0.416 e. The summed E-state index contributed by atoms with van der Waals surface area (Å²) >= 11 is 0. The van der Waals surface area contributed by atoms with Crippen LogP contribution in [0.4, 0.5) is 13.2 Å². The summed E-state index contributed by atoms with van der Waals surface area (Å²) in [5.41, 5.74) is -0.780. The third kappa shape index (κ3) is 2.61. The Kier molecular flexibility index (Phi) is 3.47. The number of nitrogens with zero attached hydrogens (tertiary/aromatic N) is 1. The van der Waals surface area contributed by atoms with E-state index in [1.54, 1.807) is 13.0 Å². The van der Waals surface area contributed by atoms with E-state index in [2.05, 4.69) is 15.6 Å². The van der Waals surface area contributed by atoms with Crippen molar-refractivity contribution in [1.29, 1.82) is 0 Å². The number of amides is 1. The molecule has 22 heavy (non-hydrogen) atoms. The van der Waals surface area contributed by atoms with E-state index in [0.29, 0.717) is 37.1 Å². The van der Waals surface area contributed by atoms with Crippen molar-refractivity contribution in [1.82, 2.24) is 10.6 Å². The molecule has 0 unspecified atom stereocenters. The summed E-state index contributed by atoms with van der Waals surface area (Å²) in [6.45, 7) is 2.94. The Morgan fingerprint density at radius 1 is 1.18 bits per heavy atom. The highest BCUT2D eigenvalue weighted by Gasteiger charge is 2.44. The molecule has 4 nitrogen and oxygen atoms in total. The van der Waals surface area contributed by atoms with Gasteiger partial charge in [0.25, 0.3) is 5.91 Å². The van der Waals surface area contributed by atoms with Crippen LogP contribution < -0.4 is 10.6 Å². The van der Waals surface area contributed by atoms with E-state index in [1.807, 2.05) is 0 Å². The molecule has 2 N–H and O–H groups in total. The molecule has 1 amide bonds. The molecule has 1 aromatic rings. The number of aryl methyl sites for hydroxylation is 1. The second-order valence-electron chi connectivity index (χ2n) is 5.78. The minimum Gasteiger partial charge on any atom is -0.317 e.